The van der Waals surface area contributed by atoms with Crippen molar-refractivity contribution in [3.8, 4) is 0 Å². The number of hydrogen-bond donors (Lipinski definition) is 0. The highest BCUT2D eigenvalue weighted by Crippen LogP contribution is 2.37. The van der Waals surface area contributed by atoms with Gasteiger partial charge in [0.25, 0.3) is 0 Å². The predicted molar refractivity (Wildman–Crippen MR) is 109 cm³/mol. The Bertz CT molecular complexity index is 909. The van der Waals surface area contributed by atoms with E-state index in [0.717, 1.165) is 24.2 Å². The first kappa shape index (κ1) is 19.5. The third-order valence-corrected chi connectivity index (χ3v) is 5.66. The fraction of sp³-hybridized carbons (Fsp3) is 0.240. The molecule has 0 saturated carbocycles. The Hall–Kier alpha value is -2.85. The average Bonchev–Trinajstić information content (AvgIpc) is 2.73. The van der Waals surface area contributed by atoms with Gasteiger partial charge in [-0.25, -0.2) is 8.78 Å². The van der Waals surface area contributed by atoms with E-state index in [1.165, 1.54) is 29.8 Å². The molecular formula is C25H23F2NO. The summed E-state index contributed by atoms with van der Waals surface area (Å²) < 4.78 is 26.9. The van der Waals surface area contributed by atoms with Crippen molar-refractivity contribution in [2.45, 2.75) is 18.9 Å². The van der Waals surface area contributed by atoms with Gasteiger partial charge < -0.3 is 0 Å². The van der Waals surface area contributed by atoms with Gasteiger partial charge in [-0.3, -0.25) is 9.69 Å². The van der Waals surface area contributed by atoms with Gasteiger partial charge in [-0.05, 0) is 53.9 Å². The molecule has 4 heteroatoms. The second-order valence-corrected chi connectivity index (χ2v) is 7.64. The molecule has 4 rings (SSSR count). The molecule has 0 N–H and O–H groups in total. The van der Waals surface area contributed by atoms with Crippen LogP contribution in [0.4, 0.5) is 8.78 Å². The fourth-order valence-corrected chi connectivity index (χ4v) is 4.23. The normalized spacial score (nSPS) is 17.6. The summed E-state index contributed by atoms with van der Waals surface area (Å²) in [6, 6.07) is 22.7. The van der Waals surface area contributed by atoms with Gasteiger partial charge in [0, 0.05) is 18.4 Å². The monoisotopic (exact) mass is 391 g/mol. The fourth-order valence-electron chi connectivity index (χ4n) is 4.23. The molecule has 1 aliphatic rings. The quantitative estimate of drug-likeness (QED) is 0.597. The van der Waals surface area contributed by atoms with Crippen LogP contribution in [0.25, 0.3) is 0 Å². The molecule has 29 heavy (non-hydrogen) atoms. The zero-order valence-electron chi connectivity index (χ0n) is 16.1. The lowest BCUT2D eigenvalue weighted by molar-refractivity contribution is -0.127. The van der Waals surface area contributed by atoms with Crippen molar-refractivity contribution in [3.05, 3.63) is 107 Å². The number of piperidine rings is 1. The molecule has 1 unspecified atom stereocenters. The molecular weight excluding hydrogens is 368 g/mol. The smallest absolute Gasteiger partial charge is 0.150 e. The number of rotatable bonds is 5. The van der Waals surface area contributed by atoms with Crippen molar-refractivity contribution in [2.75, 3.05) is 13.1 Å². The molecule has 148 valence electrons. The Morgan fingerprint density at radius 3 is 1.90 bits per heavy atom. The number of carbonyl (C=O) groups is 1. The van der Waals surface area contributed by atoms with E-state index < -0.39 is 0 Å². The molecule has 0 aliphatic carbocycles. The first-order valence-corrected chi connectivity index (χ1v) is 9.90. The largest absolute Gasteiger partial charge is 0.298 e. The Labute approximate surface area is 169 Å². The molecule has 0 bridgehead atoms. The molecule has 1 aliphatic heterocycles. The minimum Gasteiger partial charge on any atom is -0.298 e. The second kappa shape index (κ2) is 8.66. The van der Waals surface area contributed by atoms with Crippen LogP contribution in [0.15, 0.2) is 78.9 Å². The van der Waals surface area contributed by atoms with Gasteiger partial charge in [0.2, 0.25) is 0 Å². The van der Waals surface area contributed by atoms with E-state index >= 15 is 0 Å². The summed E-state index contributed by atoms with van der Waals surface area (Å²) in [5.74, 6) is -0.863. The van der Waals surface area contributed by atoms with Crippen LogP contribution < -0.4 is 0 Å². The standard InChI is InChI=1S/C25H23F2NO/c26-21-10-6-19(7-11-21)25(20-8-12-22(27)13-9-20)23-14-15-28(17-24(23)29)16-18-4-2-1-3-5-18/h1-13,23,25H,14-17H2. The van der Waals surface area contributed by atoms with Crippen LogP contribution in [0.2, 0.25) is 0 Å². The molecule has 2 nitrogen and oxygen atoms in total. The first-order valence-electron chi connectivity index (χ1n) is 9.90. The lowest BCUT2D eigenvalue weighted by Gasteiger charge is -2.35. The van der Waals surface area contributed by atoms with Gasteiger partial charge in [0.15, 0.2) is 5.78 Å². The number of nitrogens with zero attached hydrogens (tertiary/aromatic N) is 1. The van der Waals surface area contributed by atoms with Crippen LogP contribution in [0, 0.1) is 17.6 Å². The number of hydrogen-bond acceptors (Lipinski definition) is 2. The summed E-state index contributed by atoms with van der Waals surface area (Å²) in [6.07, 6.45) is 0.713. The average molecular weight is 391 g/mol. The van der Waals surface area contributed by atoms with Gasteiger partial charge in [-0.1, -0.05) is 54.6 Å². The first-order chi connectivity index (χ1) is 14.1. The molecule has 0 radical (unpaired) electrons. The number of ketones is 1. The third kappa shape index (κ3) is 4.60. The highest BCUT2D eigenvalue weighted by atomic mass is 19.1. The molecule has 1 saturated heterocycles. The van der Waals surface area contributed by atoms with E-state index in [0.29, 0.717) is 13.0 Å². The van der Waals surface area contributed by atoms with Crippen molar-refractivity contribution in [1.29, 1.82) is 0 Å². The Balaban J connectivity index is 1.57. The number of likely N-dealkylation sites (tertiary alicyclic amines) is 1. The second-order valence-electron chi connectivity index (χ2n) is 7.64. The van der Waals surface area contributed by atoms with Crippen LogP contribution in [-0.2, 0) is 11.3 Å². The molecule has 1 atom stereocenters. The number of benzene rings is 3. The summed E-state index contributed by atoms with van der Waals surface area (Å²) in [6.45, 7) is 1.94. The van der Waals surface area contributed by atoms with Crippen molar-refractivity contribution >= 4 is 5.78 Å². The van der Waals surface area contributed by atoms with E-state index in [1.54, 1.807) is 24.3 Å². The molecule has 0 amide bonds. The molecule has 0 aromatic heterocycles. The van der Waals surface area contributed by atoms with Crippen LogP contribution >= 0.6 is 0 Å². The number of carbonyl (C=O) groups excluding carboxylic acids is 1. The van der Waals surface area contributed by atoms with Crippen molar-refractivity contribution < 1.29 is 13.6 Å². The molecule has 0 spiro atoms. The van der Waals surface area contributed by atoms with Gasteiger partial charge in [-0.2, -0.15) is 0 Å². The highest BCUT2D eigenvalue weighted by molar-refractivity contribution is 5.85. The summed E-state index contributed by atoms with van der Waals surface area (Å²) >= 11 is 0. The molecule has 3 aromatic rings. The Morgan fingerprint density at radius 2 is 1.38 bits per heavy atom. The lowest BCUT2D eigenvalue weighted by Crippen LogP contribution is -2.42. The van der Waals surface area contributed by atoms with Gasteiger partial charge >= 0.3 is 0 Å². The Morgan fingerprint density at radius 1 is 0.828 bits per heavy atom. The minimum absolute atomic E-state index is 0.172. The van der Waals surface area contributed by atoms with Crippen LogP contribution in [0.3, 0.4) is 0 Å². The third-order valence-electron chi connectivity index (χ3n) is 5.66. The van der Waals surface area contributed by atoms with Crippen molar-refractivity contribution in [2.24, 2.45) is 5.92 Å². The maximum absolute atomic E-state index is 13.5. The SMILES string of the molecule is O=C1CN(Cc2ccccc2)CCC1C(c1ccc(F)cc1)c1ccc(F)cc1. The van der Waals surface area contributed by atoms with E-state index in [2.05, 4.69) is 17.0 Å². The topological polar surface area (TPSA) is 20.3 Å². The van der Waals surface area contributed by atoms with Crippen LogP contribution in [0.5, 0.6) is 0 Å². The maximum Gasteiger partial charge on any atom is 0.150 e. The summed E-state index contributed by atoms with van der Waals surface area (Å²) in [7, 11) is 0. The van der Waals surface area contributed by atoms with E-state index in [-0.39, 0.29) is 29.3 Å². The summed E-state index contributed by atoms with van der Waals surface area (Å²) in [5, 5.41) is 0. The van der Waals surface area contributed by atoms with E-state index in [9.17, 15) is 13.6 Å². The zero-order chi connectivity index (χ0) is 20.2. The molecule has 1 heterocycles. The van der Waals surface area contributed by atoms with Crippen LogP contribution in [0.1, 0.15) is 29.0 Å². The Kier molecular flexibility index (Phi) is 5.81. The highest BCUT2D eigenvalue weighted by Gasteiger charge is 2.35. The number of Topliss-reactive ketones (excluding diaryl/α,β-unsaturated/α-hetero) is 1. The minimum atomic E-state index is -0.310. The molecule has 1 fully saturated rings. The van der Waals surface area contributed by atoms with Crippen molar-refractivity contribution in [1.82, 2.24) is 4.90 Å². The van der Waals surface area contributed by atoms with E-state index in [4.69, 9.17) is 0 Å². The zero-order valence-corrected chi connectivity index (χ0v) is 16.1. The maximum atomic E-state index is 13.5. The number of halogens is 2. The predicted octanol–water partition coefficient (Wildman–Crippen LogP) is 5.19. The van der Waals surface area contributed by atoms with Crippen LogP contribution in [-0.4, -0.2) is 23.8 Å². The van der Waals surface area contributed by atoms with Gasteiger partial charge in [0.1, 0.15) is 11.6 Å². The lowest BCUT2D eigenvalue weighted by atomic mass is 9.75. The summed E-state index contributed by atoms with van der Waals surface area (Å²) in [4.78, 5) is 15.3. The van der Waals surface area contributed by atoms with Gasteiger partial charge in [-0.15, -0.1) is 0 Å². The van der Waals surface area contributed by atoms with E-state index in [1.807, 2.05) is 18.2 Å². The summed E-state index contributed by atoms with van der Waals surface area (Å²) in [5.41, 5.74) is 2.95. The van der Waals surface area contributed by atoms with Gasteiger partial charge in [0.05, 0.1) is 6.54 Å². The molecule has 3 aromatic carbocycles. The van der Waals surface area contributed by atoms with Crippen molar-refractivity contribution in [3.63, 3.8) is 0 Å².